The van der Waals surface area contributed by atoms with Gasteiger partial charge in [-0.1, -0.05) is 91.4 Å². The van der Waals surface area contributed by atoms with Gasteiger partial charge in [0.1, 0.15) is 5.78 Å². The van der Waals surface area contributed by atoms with E-state index in [9.17, 15) is 4.79 Å². The van der Waals surface area contributed by atoms with Crippen LogP contribution in [0.3, 0.4) is 0 Å². The summed E-state index contributed by atoms with van der Waals surface area (Å²) in [7, 11) is 0. The first-order chi connectivity index (χ1) is 9.72. The van der Waals surface area contributed by atoms with Gasteiger partial charge in [0.25, 0.3) is 0 Å². The van der Waals surface area contributed by atoms with Crippen molar-refractivity contribution in [1.82, 2.24) is 0 Å². The zero-order valence-corrected chi connectivity index (χ0v) is 14.4. The van der Waals surface area contributed by atoms with E-state index in [1.807, 2.05) is 0 Å². The lowest BCUT2D eigenvalue weighted by Crippen LogP contribution is -2.10. The number of ketones is 1. The van der Waals surface area contributed by atoms with Gasteiger partial charge in [0.2, 0.25) is 0 Å². The Morgan fingerprint density at radius 2 is 1.15 bits per heavy atom. The molecule has 1 heteroatoms. The molecule has 0 fully saturated rings. The zero-order chi connectivity index (χ0) is 15.1. The van der Waals surface area contributed by atoms with Crippen molar-refractivity contribution in [3.8, 4) is 0 Å². The Kier molecular flexibility index (Phi) is 14.8. The minimum absolute atomic E-state index is 0.295. The first kappa shape index (κ1) is 19.7. The smallest absolute Gasteiger partial charge is 0.135 e. The highest BCUT2D eigenvalue weighted by atomic mass is 16.1. The highest BCUT2D eigenvalue weighted by Gasteiger charge is 2.10. The predicted molar refractivity (Wildman–Crippen MR) is 90.2 cm³/mol. The molecule has 0 bridgehead atoms. The van der Waals surface area contributed by atoms with Gasteiger partial charge in [-0.25, -0.2) is 0 Å². The summed E-state index contributed by atoms with van der Waals surface area (Å²) in [6, 6.07) is 0. The van der Waals surface area contributed by atoms with Crippen LogP contribution in [0.1, 0.15) is 111 Å². The molecular weight excluding hydrogens is 244 g/mol. The monoisotopic (exact) mass is 282 g/mol. The highest BCUT2D eigenvalue weighted by Crippen LogP contribution is 2.14. The summed E-state index contributed by atoms with van der Waals surface area (Å²) < 4.78 is 0. The molecule has 120 valence electrons. The van der Waals surface area contributed by atoms with Crippen molar-refractivity contribution < 1.29 is 4.79 Å². The predicted octanol–water partition coefficient (Wildman–Crippen LogP) is 6.69. The third-order valence-corrected chi connectivity index (χ3v) is 4.30. The van der Waals surface area contributed by atoms with E-state index in [1.54, 1.807) is 0 Å². The average molecular weight is 283 g/mol. The van der Waals surface area contributed by atoms with E-state index in [0.717, 1.165) is 25.7 Å². The van der Waals surface area contributed by atoms with Crippen LogP contribution in [0.25, 0.3) is 0 Å². The summed E-state index contributed by atoms with van der Waals surface area (Å²) >= 11 is 0. The molecule has 20 heavy (non-hydrogen) atoms. The van der Waals surface area contributed by atoms with Crippen LogP contribution in [0.5, 0.6) is 0 Å². The molecule has 0 aliphatic carbocycles. The molecule has 1 atom stereocenters. The Morgan fingerprint density at radius 3 is 1.60 bits per heavy atom. The van der Waals surface area contributed by atoms with Crippen molar-refractivity contribution in [2.45, 2.75) is 111 Å². The van der Waals surface area contributed by atoms with Gasteiger partial charge in [-0.3, -0.25) is 4.79 Å². The minimum Gasteiger partial charge on any atom is -0.299 e. The normalized spacial score (nSPS) is 12.6. The van der Waals surface area contributed by atoms with Gasteiger partial charge in [-0.05, 0) is 12.8 Å². The van der Waals surface area contributed by atoms with E-state index in [2.05, 4.69) is 20.8 Å². The first-order valence-electron chi connectivity index (χ1n) is 9.25. The fourth-order valence-electron chi connectivity index (χ4n) is 2.80. The van der Waals surface area contributed by atoms with Crippen molar-refractivity contribution in [1.29, 1.82) is 0 Å². The summed E-state index contributed by atoms with van der Waals surface area (Å²) in [5, 5.41) is 0. The quantitative estimate of drug-likeness (QED) is 0.306. The van der Waals surface area contributed by atoms with Crippen molar-refractivity contribution in [3.05, 3.63) is 0 Å². The van der Waals surface area contributed by atoms with E-state index in [1.165, 1.54) is 64.2 Å². The maximum absolute atomic E-state index is 11.8. The van der Waals surface area contributed by atoms with Gasteiger partial charge in [-0.15, -0.1) is 0 Å². The van der Waals surface area contributed by atoms with Crippen LogP contribution in [-0.2, 0) is 4.79 Å². The number of hydrogen-bond donors (Lipinski definition) is 0. The Hall–Kier alpha value is -0.330. The van der Waals surface area contributed by atoms with E-state index in [0.29, 0.717) is 11.7 Å². The van der Waals surface area contributed by atoms with Crippen molar-refractivity contribution >= 4 is 5.78 Å². The molecule has 0 rings (SSSR count). The van der Waals surface area contributed by atoms with E-state index < -0.39 is 0 Å². The number of carbonyl (C=O) groups is 1. The summed E-state index contributed by atoms with van der Waals surface area (Å²) in [6.07, 6.45) is 17.9. The Balaban J connectivity index is 3.18. The van der Waals surface area contributed by atoms with Crippen LogP contribution < -0.4 is 0 Å². The van der Waals surface area contributed by atoms with Crippen LogP contribution in [0, 0.1) is 5.92 Å². The molecule has 1 nitrogen and oxygen atoms in total. The van der Waals surface area contributed by atoms with Crippen LogP contribution in [0.15, 0.2) is 0 Å². The third-order valence-electron chi connectivity index (χ3n) is 4.30. The molecule has 0 aromatic heterocycles. The first-order valence-corrected chi connectivity index (χ1v) is 9.25. The van der Waals surface area contributed by atoms with Crippen molar-refractivity contribution in [2.75, 3.05) is 0 Å². The molecule has 0 saturated carbocycles. The number of carbonyl (C=O) groups excluding carboxylic acids is 1. The summed E-state index contributed by atoms with van der Waals surface area (Å²) in [4.78, 5) is 11.8. The van der Waals surface area contributed by atoms with Gasteiger partial charge in [0.15, 0.2) is 0 Å². The fraction of sp³-hybridized carbons (Fsp3) is 0.947. The van der Waals surface area contributed by atoms with Gasteiger partial charge in [0, 0.05) is 12.3 Å². The minimum atomic E-state index is 0.295. The molecular formula is C19H38O. The van der Waals surface area contributed by atoms with Gasteiger partial charge < -0.3 is 0 Å². The number of unbranched alkanes of at least 4 members (excludes halogenated alkanes) is 10. The molecule has 0 aliphatic rings. The molecule has 0 aliphatic heterocycles. The largest absolute Gasteiger partial charge is 0.299 e. The zero-order valence-electron chi connectivity index (χ0n) is 14.4. The molecule has 0 amide bonds. The Bertz CT molecular complexity index is 210. The maximum atomic E-state index is 11.8. The highest BCUT2D eigenvalue weighted by molar-refractivity contribution is 5.80. The summed E-state index contributed by atoms with van der Waals surface area (Å²) in [5.74, 6) is 0.783. The topological polar surface area (TPSA) is 17.1 Å². The summed E-state index contributed by atoms with van der Waals surface area (Å²) in [5.41, 5.74) is 0. The molecule has 0 aromatic carbocycles. The lowest BCUT2D eigenvalue weighted by molar-refractivity contribution is -0.122. The van der Waals surface area contributed by atoms with Gasteiger partial charge in [-0.2, -0.15) is 0 Å². The standard InChI is InChI=1S/C19H38O/c1-4-6-7-8-9-10-11-12-13-14-15-17-19(20)18(3)16-5-2/h18H,4-17H2,1-3H3. The maximum Gasteiger partial charge on any atom is 0.135 e. The molecule has 0 radical (unpaired) electrons. The molecule has 0 N–H and O–H groups in total. The SMILES string of the molecule is CCCCCCCCCCCCCC(=O)C(C)CCC. The lowest BCUT2D eigenvalue weighted by Gasteiger charge is -2.08. The van der Waals surface area contributed by atoms with Crippen molar-refractivity contribution in [3.63, 3.8) is 0 Å². The number of rotatable bonds is 15. The third kappa shape index (κ3) is 12.7. The molecule has 0 aromatic rings. The van der Waals surface area contributed by atoms with E-state index in [-0.39, 0.29) is 0 Å². The average Bonchev–Trinajstić information content (AvgIpc) is 2.44. The second-order valence-corrected chi connectivity index (χ2v) is 6.44. The molecule has 1 unspecified atom stereocenters. The lowest BCUT2D eigenvalue weighted by atomic mass is 9.96. The number of Topliss-reactive ketones (excluding diaryl/α,β-unsaturated/α-hetero) is 1. The molecule has 0 spiro atoms. The Labute approximate surface area is 127 Å². The van der Waals surface area contributed by atoms with Gasteiger partial charge in [0.05, 0.1) is 0 Å². The van der Waals surface area contributed by atoms with Crippen LogP contribution in [0.4, 0.5) is 0 Å². The van der Waals surface area contributed by atoms with Gasteiger partial charge >= 0.3 is 0 Å². The molecule has 0 saturated heterocycles. The fourth-order valence-corrected chi connectivity index (χ4v) is 2.80. The number of hydrogen-bond acceptors (Lipinski definition) is 1. The second kappa shape index (κ2) is 15.1. The second-order valence-electron chi connectivity index (χ2n) is 6.44. The molecule has 0 heterocycles. The van der Waals surface area contributed by atoms with Crippen LogP contribution in [0.2, 0.25) is 0 Å². The van der Waals surface area contributed by atoms with Crippen LogP contribution in [-0.4, -0.2) is 5.78 Å². The van der Waals surface area contributed by atoms with E-state index >= 15 is 0 Å². The van der Waals surface area contributed by atoms with E-state index in [4.69, 9.17) is 0 Å². The summed E-state index contributed by atoms with van der Waals surface area (Å²) in [6.45, 7) is 6.52. The van der Waals surface area contributed by atoms with Crippen molar-refractivity contribution in [2.24, 2.45) is 5.92 Å². The Morgan fingerprint density at radius 1 is 0.700 bits per heavy atom. The van der Waals surface area contributed by atoms with Crippen LogP contribution >= 0.6 is 0 Å².